The van der Waals surface area contributed by atoms with Gasteiger partial charge in [0.15, 0.2) is 0 Å². The van der Waals surface area contributed by atoms with Gasteiger partial charge in [-0.3, -0.25) is 4.79 Å². The standard InChI is InChI=1S/C12H17NO/c13-12(14)6-11-9-2-7-1-8(4-9)5-10(11)3-7/h6-10H,1-5H2,(H2,13,14). The van der Waals surface area contributed by atoms with E-state index >= 15 is 0 Å². The van der Waals surface area contributed by atoms with Crippen molar-refractivity contribution in [3.8, 4) is 0 Å². The van der Waals surface area contributed by atoms with E-state index < -0.39 is 0 Å². The van der Waals surface area contributed by atoms with Gasteiger partial charge in [0.05, 0.1) is 0 Å². The van der Waals surface area contributed by atoms with Crippen LogP contribution in [0.1, 0.15) is 32.1 Å². The fraction of sp³-hybridized carbons (Fsp3) is 0.750. The lowest BCUT2D eigenvalue weighted by Crippen LogP contribution is -2.40. The SMILES string of the molecule is NC(=O)C=C1C2CC3CC(C2)CC1C3. The fourth-order valence-electron chi connectivity index (χ4n) is 4.13. The topological polar surface area (TPSA) is 43.1 Å². The molecule has 2 N–H and O–H groups in total. The molecule has 0 spiro atoms. The highest BCUT2D eigenvalue weighted by Gasteiger charge is 2.45. The quantitative estimate of drug-likeness (QED) is 0.631. The molecule has 0 unspecified atom stereocenters. The normalized spacial score (nSPS) is 44.1. The van der Waals surface area contributed by atoms with Crippen LogP contribution in [-0.2, 0) is 4.79 Å². The van der Waals surface area contributed by atoms with Crippen LogP contribution in [0.4, 0.5) is 0 Å². The minimum Gasteiger partial charge on any atom is -0.366 e. The molecule has 14 heavy (non-hydrogen) atoms. The summed E-state index contributed by atoms with van der Waals surface area (Å²) >= 11 is 0. The molecule has 0 aromatic carbocycles. The van der Waals surface area contributed by atoms with Gasteiger partial charge in [-0.25, -0.2) is 0 Å². The highest BCUT2D eigenvalue weighted by Crippen LogP contribution is 2.56. The second kappa shape index (κ2) is 2.85. The van der Waals surface area contributed by atoms with Crippen molar-refractivity contribution in [2.24, 2.45) is 29.4 Å². The molecule has 4 saturated carbocycles. The van der Waals surface area contributed by atoms with Crippen LogP contribution in [0.2, 0.25) is 0 Å². The first-order chi connectivity index (χ1) is 6.72. The van der Waals surface area contributed by atoms with E-state index in [4.69, 9.17) is 5.73 Å². The van der Waals surface area contributed by atoms with Crippen LogP contribution in [0.25, 0.3) is 0 Å². The zero-order chi connectivity index (χ0) is 9.71. The van der Waals surface area contributed by atoms with Gasteiger partial charge in [0, 0.05) is 6.08 Å². The molecule has 0 aromatic heterocycles. The molecule has 1 amide bonds. The molecule has 0 heterocycles. The number of nitrogens with two attached hydrogens (primary N) is 1. The molecular formula is C12H17NO. The van der Waals surface area contributed by atoms with E-state index in [1.165, 1.54) is 37.7 Å². The van der Waals surface area contributed by atoms with Crippen molar-refractivity contribution < 1.29 is 4.79 Å². The molecule has 4 bridgehead atoms. The summed E-state index contributed by atoms with van der Waals surface area (Å²) < 4.78 is 0. The highest BCUT2D eigenvalue weighted by atomic mass is 16.1. The van der Waals surface area contributed by atoms with Gasteiger partial charge in [0.2, 0.25) is 5.91 Å². The Hall–Kier alpha value is -0.790. The van der Waals surface area contributed by atoms with E-state index in [1.54, 1.807) is 6.08 Å². The molecule has 2 nitrogen and oxygen atoms in total. The average Bonchev–Trinajstić information content (AvgIpc) is 2.09. The maximum absolute atomic E-state index is 10.9. The van der Waals surface area contributed by atoms with Gasteiger partial charge in [0.1, 0.15) is 0 Å². The third kappa shape index (κ3) is 1.20. The second-order valence-corrected chi connectivity index (χ2v) is 5.35. The number of hydrogen-bond acceptors (Lipinski definition) is 1. The first-order valence-corrected chi connectivity index (χ1v) is 5.73. The van der Waals surface area contributed by atoms with E-state index in [2.05, 4.69) is 0 Å². The molecule has 0 atom stereocenters. The zero-order valence-corrected chi connectivity index (χ0v) is 8.41. The number of carbonyl (C=O) groups is 1. The van der Waals surface area contributed by atoms with Gasteiger partial charge in [-0.15, -0.1) is 0 Å². The smallest absolute Gasteiger partial charge is 0.241 e. The number of carbonyl (C=O) groups excluding carboxylic acids is 1. The van der Waals surface area contributed by atoms with E-state index in [1.807, 2.05) is 0 Å². The van der Waals surface area contributed by atoms with Gasteiger partial charge >= 0.3 is 0 Å². The van der Waals surface area contributed by atoms with Gasteiger partial charge in [-0.1, -0.05) is 5.57 Å². The Bertz CT molecular complexity index is 275. The molecular weight excluding hydrogens is 174 g/mol. The van der Waals surface area contributed by atoms with Crippen LogP contribution in [-0.4, -0.2) is 5.91 Å². The van der Waals surface area contributed by atoms with Gasteiger partial charge in [-0.05, 0) is 55.8 Å². The largest absolute Gasteiger partial charge is 0.366 e. The van der Waals surface area contributed by atoms with Crippen molar-refractivity contribution in [3.63, 3.8) is 0 Å². The Morgan fingerprint density at radius 1 is 1.07 bits per heavy atom. The summed E-state index contributed by atoms with van der Waals surface area (Å²) in [5.74, 6) is 3.09. The number of rotatable bonds is 1. The maximum atomic E-state index is 10.9. The minimum absolute atomic E-state index is 0.243. The Kier molecular flexibility index (Phi) is 1.73. The molecule has 0 aromatic rings. The molecule has 4 aliphatic carbocycles. The van der Waals surface area contributed by atoms with Crippen molar-refractivity contribution in [1.82, 2.24) is 0 Å². The van der Waals surface area contributed by atoms with Crippen LogP contribution in [0.15, 0.2) is 11.6 Å². The first-order valence-electron chi connectivity index (χ1n) is 5.73. The summed E-state index contributed by atoms with van der Waals surface area (Å²) in [5, 5.41) is 0. The van der Waals surface area contributed by atoms with Crippen molar-refractivity contribution >= 4 is 5.91 Å². The van der Waals surface area contributed by atoms with Crippen LogP contribution in [0.5, 0.6) is 0 Å². The lowest BCUT2D eigenvalue weighted by Gasteiger charge is -2.51. The number of primary amides is 1. The average molecular weight is 191 g/mol. The molecule has 4 aliphatic rings. The van der Waals surface area contributed by atoms with Gasteiger partial charge in [-0.2, -0.15) is 0 Å². The third-order valence-corrected chi connectivity index (χ3v) is 4.39. The van der Waals surface area contributed by atoms with E-state index in [0.29, 0.717) is 11.8 Å². The van der Waals surface area contributed by atoms with E-state index in [-0.39, 0.29) is 5.91 Å². The summed E-state index contributed by atoms with van der Waals surface area (Å²) in [7, 11) is 0. The first kappa shape index (κ1) is 8.51. The molecule has 4 rings (SSSR count). The molecule has 0 radical (unpaired) electrons. The molecule has 4 fully saturated rings. The lowest BCUT2D eigenvalue weighted by atomic mass is 9.54. The van der Waals surface area contributed by atoms with Gasteiger partial charge in [0.25, 0.3) is 0 Å². The summed E-state index contributed by atoms with van der Waals surface area (Å²) in [6.45, 7) is 0. The monoisotopic (exact) mass is 191 g/mol. The Morgan fingerprint density at radius 2 is 1.57 bits per heavy atom. The van der Waals surface area contributed by atoms with Crippen molar-refractivity contribution in [3.05, 3.63) is 11.6 Å². The predicted molar refractivity (Wildman–Crippen MR) is 54.3 cm³/mol. The minimum atomic E-state index is -0.243. The molecule has 0 aliphatic heterocycles. The van der Waals surface area contributed by atoms with E-state index in [0.717, 1.165) is 11.8 Å². The maximum Gasteiger partial charge on any atom is 0.241 e. The molecule has 0 saturated heterocycles. The highest BCUT2D eigenvalue weighted by molar-refractivity contribution is 5.86. The summed E-state index contributed by atoms with van der Waals surface area (Å²) in [6.07, 6.45) is 8.49. The number of hydrogen-bond donors (Lipinski definition) is 1. The Labute approximate surface area is 84.5 Å². The van der Waals surface area contributed by atoms with Crippen molar-refractivity contribution in [2.45, 2.75) is 32.1 Å². The zero-order valence-electron chi connectivity index (χ0n) is 8.41. The Balaban J connectivity index is 1.91. The summed E-state index contributed by atoms with van der Waals surface area (Å²) in [6, 6.07) is 0. The number of allylic oxidation sites excluding steroid dienone is 1. The van der Waals surface area contributed by atoms with Crippen LogP contribution >= 0.6 is 0 Å². The predicted octanol–water partition coefficient (Wildman–Crippen LogP) is 1.85. The molecule has 76 valence electrons. The van der Waals surface area contributed by atoms with Crippen molar-refractivity contribution in [1.29, 1.82) is 0 Å². The van der Waals surface area contributed by atoms with Crippen LogP contribution in [0, 0.1) is 23.7 Å². The number of amides is 1. The van der Waals surface area contributed by atoms with Crippen LogP contribution in [0.3, 0.4) is 0 Å². The third-order valence-electron chi connectivity index (χ3n) is 4.39. The van der Waals surface area contributed by atoms with Crippen LogP contribution < -0.4 is 5.73 Å². The fourth-order valence-corrected chi connectivity index (χ4v) is 4.13. The summed E-state index contributed by atoms with van der Waals surface area (Å²) in [4.78, 5) is 10.9. The van der Waals surface area contributed by atoms with E-state index in [9.17, 15) is 4.79 Å². The summed E-state index contributed by atoms with van der Waals surface area (Å²) in [5.41, 5.74) is 6.65. The Morgan fingerprint density at radius 3 is 2.00 bits per heavy atom. The second-order valence-electron chi connectivity index (χ2n) is 5.35. The molecule has 2 heteroatoms. The lowest BCUT2D eigenvalue weighted by molar-refractivity contribution is -0.113. The van der Waals surface area contributed by atoms with Crippen molar-refractivity contribution in [2.75, 3.05) is 0 Å². The van der Waals surface area contributed by atoms with Gasteiger partial charge < -0.3 is 5.73 Å².